The third-order valence-corrected chi connectivity index (χ3v) is 5.68. The summed E-state index contributed by atoms with van der Waals surface area (Å²) >= 11 is 5.97. The second kappa shape index (κ2) is 9.11. The largest absolute Gasteiger partial charge is 0.507 e. The summed E-state index contributed by atoms with van der Waals surface area (Å²) in [6.45, 7) is 1.66. The SMILES string of the molecule is COc1cc([C@@H]2/C(=C(\O)c3ccc(Cl)cc3)C(=O)C(=O)N2c2cc(C)on2)cc(OC)c1OC. The molecule has 0 bridgehead atoms. The fourth-order valence-electron chi connectivity index (χ4n) is 3.87. The number of aliphatic hydroxyl groups is 1. The van der Waals surface area contributed by atoms with Crippen LogP contribution in [0.4, 0.5) is 5.82 Å². The maximum atomic E-state index is 13.2. The van der Waals surface area contributed by atoms with E-state index in [1.807, 2.05) is 0 Å². The van der Waals surface area contributed by atoms with Gasteiger partial charge in [-0.2, -0.15) is 0 Å². The van der Waals surface area contributed by atoms with Gasteiger partial charge in [-0.1, -0.05) is 16.8 Å². The van der Waals surface area contributed by atoms with Crippen molar-refractivity contribution in [1.82, 2.24) is 5.16 Å². The molecule has 1 amide bonds. The number of amides is 1. The van der Waals surface area contributed by atoms with Crippen molar-refractivity contribution in [2.75, 3.05) is 26.2 Å². The molecule has 0 radical (unpaired) electrons. The minimum atomic E-state index is -1.06. The highest BCUT2D eigenvalue weighted by Gasteiger charge is 2.48. The molecule has 1 fully saturated rings. The van der Waals surface area contributed by atoms with Gasteiger partial charge in [-0.15, -0.1) is 0 Å². The summed E-state index contributed by atoms with van der Waals surface area (Å²) in [4.78, 5) is 27.6. The lowest BCUT2D eigenvalue weighted by molar-refractivity contribution is -0.132. The number of aliphatic hydroxyl groups excluding tert-OH is 1. The van der Waals surface area contributed by atoms with Crippen LogP contribution in [0, 0.1) is 6.92 Å². The highest BCUT2D eigenvalue weighted by molar-refractivity contribution is 6.51. The smallest absolute Gasteiger partial charge is 0.301 e. The number of nitrogens with zero attached hydrogens (tertiary/aromatic N) is 2. The molecule has 1 atom stereocenters. The molecule has 0 spiro atoms. The molecule has 34 heavy (non-hydrogen) atoms. The molecular weight excluding hydrogens is 464 g/mol. The lowest BCUT2D eigenvalue weighted by Gasteiger charge is -2.24. The Morgan fingerprint density at radius 2 is 1.65 bits per heavy atom. The van der Waals surface area contributed by atoms with E-state index in [1.54, 1.807) is 43.3 Å². The Bertz CT molecular complexity index is 1270. The Kier molecular flexibility index (Phi) is 6.21. The van der Waals surface area contributed by atoms with Crippen LogP contribution in [0.5, 0.6) is 17.2 Å². The Morgan fingerprint density at radius 1 is 1.03 bits per heavy atom. The van der Waals surface area contributed by atoms with Crippen LogP contribution in [0.3, 0.4) is 0 Å². The van der Waals surface area contributed by atoms with Crippen molar-refractivity contribution in [1.29, 1.82) is 0 Å². The number of ether oxygens (including phenoxy) is 3. The number of aryl methyl sites for hydroxylation is 1. The van der Waals surface area contributed by atoms with Gasteiger partial charge in [0.1, 0.15) is 11.5 Å². The van der Waals surface area contributed by atoms with Crippen molar-refractivity contribution in [2.24, 2.45) is 0 Å². The van der Waals surface area contributed by atoms with Crippen LogP contribution in [0.25, 0.3) is 5.76 Å². The summed E-state index contributed by atoms with van der Waals surface area (Å²) in [5.74, 6) is -0.603. The van der Waals surface area contributed by atoms with Crippen molar-refractivity contribution in [3.63, 3.8) is 0 Å². The zero-order valence-electron chi connectivity index (χ0n) is 18.8. The van der Waals surface area contributed by atoms with E-state index in [2.05, 4.69) is 5.16 Å². The monoisotopic (exact) mass is 484 g/mol. The fourth-order valence-corrected chi connectivity index (χ4v) is 4.00. The molecule has 10 heteroatoms. The van der Waals surface area contributed by atoms with Crippen LogP contribution < -0.4 is 19.1 Å². The van der Waals surface area contributed by atoms with Gasteiger partial charge in [-0.3, -0.25) is 14.5 Å². The normalized spacial score (nSPS) is 17.2. The third-order valence-electron chi connectivity index (χ3n) is 5.43. The van der Waals surface area contributed by atoms with E-state index in [1.165, 1.54) is 32.3 Å². The van der Waals surface area contributed by atoms with Crippen LogP contribution in [0.15, 0.2) is 52.6 Å². The topological polar surface area (TPSA) is 111 Å². The third kappa shape index (κ3) is 3.84. The lowest BCUT2D eigenvalue weighted by atomic mass is 9.94. The number of hydrogen-bond acceptors (Lipinski definition) is 8. The molecular formula is C24H21ClN2O7. The van der Waals surface area contributed by atoms with Crippen molar-refractivity contribution >= 4 is 34.9 Å². The lowest BCUT2D eigenvalue weighted by Crippen LogP contribution is -2.29. The number of rotatable bonds is 6. The molecule has 0 unspecified atom stereocenters. The zero-order valence-corrected chi connectivity index (χ0v) is 19.5. The number of aromatic nitrogens is 1. The number of halogens is 1. The highest BCUT2D eigenvalue weighted by Crippen LogP contribution is 2.47. The number of carbonyl (C=O) groups is 2. The van der Waals surface area contributed by atoms with Gasteiger partial charge in [0, 0.05) is 16.7 Å². The summed E-state index contributed by atoms with van der Waals surface area (Å²) in [6, 6.07) is 9.92. The highest BCUT2D eigenvalue weighted by atomic mass is 35.5. The van der Waals surface area contributed by atoms with E-state index in [0.29, 0.717) is 39.2 Å². The second-order valence-corrected chi connectivity index (χ2v) is 7.87. The molecule has 3 aromatic rings. The molecule has 176 valence electrons. The Balaban J connectivity index is 2.00. The molecule has 1 aliphatic heterocycles. The standard InChI is InChI=1S/C24H21ClN2O7/c1-12-9-18(26-34-12)27-20(14-10-16(31-2)23(33-4)17(11-14)32-3)19(22(29)24(27)30)21(28)13-5-7-15(25)8-6-13/h5-11,20,28H,1-4H3/b21-19+/t20-/m1/s1. The predicted octanol–water partition coefficient (Wildman–Crippen LogP) is 4.29. The van der Waals surface area contributed by atoms with Crippen molar-refractivity contribution in [3.05, 3.63) is 69.9 Å². The first-order chi connectivity index (χ1) is 16.3. The minimum absolute atomic E-state index is 0.119. The number of hydrogen-bond donors (Lipinski definition) is 1. The first-order valence-corrected chi connectivity index (χ1v) is 10.5. The molecule has 1 N–H and O–H groups in total. The maximum absolute atomic E-state index is 13.2. The molecule has 4 rings (SSSR count). The number of benzene rings is 2. The molecule has 1 aliphatic rings. The van der Waals surface area contributed by atoms with E-state index in [4.69, 9.17) is 30.3 Å². The van der Waals surface area contributed by atoms with Gasteiger partial charge >= 0.3 is 5.91 Å². The van der Waals surface area contributed by atoms with Gasteiger partial charge in [0.05, 0.1) is 32.9 Å². The number of anilines is 1. The zero-order chi connectivity index (χ0) is 24.6. The maximum Gasteiger partial charge on any atom is 0.301 e. The van der Waals surface area contributed by atoms with Gasteiger partial charge in [-0.05, 0) is 48.9 Å². The average Bonchev–Trinajstić information content (AvgIpc) is 3.38. The van der Waals surface area contributed by atoms with Crippen molar-refractivity contribution in [2.45, 2.75) is 13.0 Å². The predicted molar refractivity (Wildman–Crippen MR) is 124 cm³/mol. The molecule has 9 nitrogen and oxygen atoms in total. The van der Waals surface area contributed by atoms with E-state index >= 15 is 0 Å². The summed E-state index contributed by atoms with van der Waals surface area (Å²) < 4.78 is 21.4. The van der Waals surface area contributed by atoms with Crippen molar-refractivity contribution in [3.8, 4) is 17.2 Å². The van der Waals surface area contributed by atoms with Crippen LogP contribution in [0.1, 0.15) is 22.9 Å². The molecule has 0 saturated carbocycles. The Morgan fingerprint density at radius 3 is 2.15 bits per heavy atom. The summed E-state index contributed by atoms with van der Waals surface area (Å²) in [6.07, 6.45) is 0. The van der Waals surface area contributed by atoms with E-state index < -0.39 is 17.7 Å². The number of methoxy groups -OCH3 is 3. The number of ketones is 1. The van der Waals surface area contributed by atoms with Gasteiger partial charge in [0.2, 0.25) is 5.75 Å². The van der Waals surface area contributed by atoms with E-state index in [-0.39, 0.29) is 17.2 Å². The van der Waals surface area contributed by atoms with Crippen LogP contribution in [-0.4, -0.2) is 43.3 Å². The number of carbonyl (C=O) groups excluding carboxylic acids is 2. The van der Waals surface area contributed by atoms with Crippen molar-refractivity contribution < 1.29 is 33.4 Å². The van der Waals surface area contributed by atoms with Gasteiger partial charge < -0.3 is 23.8 Å². The average molecular weight is 485 g/mol. The summed E-state index contributed by atoms with van der Waals surface area (Å²) in [5.41, 5.74) is 0.600. The quantitative estimate of drug-likeness (QED) is 0.313. The summed E-state index contributed by atoms with van der Waals surface area (Å²) in [7, 11) is 4.37. The van der Waals surface area contributed by atoms with Crippen LogP contribution in [0.2, 0.25) is 5.02 Å². The van der Waals surface area contributed by atoms with E-state index in [0.717, 1.165) is 0 Å². The number of Topliss-reactive ketones (excluding diaryl/α,β-unsaturated/α-hetero) is 1. The molecule has 2 aromatic carbocycles. The molecule has 1 saturated heterocycles. The Labute approximate surface area is 200 Å². The van der Waals surface area contributed by atoms with Gasteiger partial charge in [0.15, 0.2) is 17.3 Å². The molecule has 1 aromatic heterocycles. The first kappa shape index (κ1) is 23.2. The van der Waals surface area contributed by atoms with E-state index in [9.17, 15) is 14.7 Å². The van der Waals surface area contributed by atoms with Gasteiger partial charge in [-0.25, -0.2) is 0 Å². The molecule has 0 aliphatic carbocycles. The van der Waals surface area contributed by atoms with Crippen LogP contribution >= 0.6 is 11.6 Å². The summed E-state index contributed by atoms with van der Waals surface area (Å²) in [5, 5.41) is 15.5. The van der Waals surface area contributed by atoms with Crippen LogP contribution in [-0.2, 0) is 9.59 Å². The second-order valence-electron chi connectivity index (χ2n) is 7.43. The first-order valence-electron chi connectivity index (χ1n) is 10.1. The minimum Gasteiger partial charge on any atom is -0.507 e. The fraction of sp³-hybridized carbons (Fsp3) is 0.208. The molecule has 2 heterocycles. The Hall–Kier alpha value is -3.98. The van der Waals surface area contributed by atoms with Gasteiger partial charge in [0.25, 0.3) is 5.78 Å².